The van der Waals surface area contributed by atoms with Gasteiger partial charge in [0.25, 0.3) is 5.91 Å². The van der Waals surface area contributed by atoms with Gasteiger partial charge >= 0.3 is 0 Å². The van der Waals surface area contributed by atoms with E-state index in [0.717, 1.165) is 39.3 Å². The lowest BCUT2D eigenvalue weighted by molar-refractivity contribution is 0.0162. The zero-order valence-electron chi connectivity index (χ0n) is 15.9. The second kappa shape index (κ2) is 8.11. The molecule has 5 heteroatoms. The quantitative estimate of drug-likeness (QED) is 0.884. The average molecular weight is 365 g/mol. The van der Waals surface area contributed by atoms with Crippen LogP contribution in [0, 0.1) is 0 Å². The zero-order chi connectivity index (χ0) is 18.6. The van der Waals surface area contributed by atoms with E-state index in [4.69, 9.17) is 4.74 Å². The minimum absolute atomic E-state index is 0.0187. The summed E-state index contributed by atoms with van der Waals surface area (Å²) >= 11 is 0. The van der Waals surface area contributed by atoms with Gasteiger partial charge in [-0.2, -0.15) is 0 Å². The van der Waals surface area contributed by atoms with Crippen molar-refractivity contribution >= 4 is 11.6 Å². The Kier molecular flexibility index (Phi) is 5.41. The van der Waals surface area contributed by atoms with E-state index in [2.05, 4.69) is 40.4 Å². The van der Waals surface area contributed by atoms with Gasteiger partial charge in [-0.05, 0) is 35.7 Å². The van der Waals surface area contributed by atoms with Gasteiger partial charge in [0.2, 0.25) is 0 Å². The molecule has 2 aliphatic heterocycles. The number of hydrogen-bond donors (Lipinski definition) is 1. The van der Waals surface area contributed by atoms with Gasteiger partial charge in [0.1, 0.15) is 0 Å². The molecule has 27 heavy (non-hydrogen) atoms. The number of anilines is 1. The van der Waals surface area contributed by atoms with Crippen molar-refractivity contribution in [3.63, 3.8) is 0 Å². The zero-order valence-corrected chi connectivity index (χ0v) is 15.9. The van der Waals surface area contributed by atoms with E-state index in [1.54, 1.807) is 0 Å². The largest absolute Gasteiger partial charge is 0.379 e. The first-order valence-electron chi connectivity index (χ1n) is 9.71. The molecule has 2 aliphatic rings. The van der Waals surface area contributed by atoms with Gasteiger partial charge in [-0.15, -0.1) is 0 Å². The minimum Gasteiger partial charge on any atom is -0.379 e. The molecule has 0 spiro atoms. The lowest BCUT2D eigenvalue weighted by Gasteiger charge is -2.35. The third kappa shape index (κ3) is 3.99. The summed E-state index contributed by atoms with van der Waals surface area (Å²) in [6.07, 6.45) is 1.09. The Morgan fingerprint density at radius 2 is 1.89 bits per heavy atom. The standard InChI is InChI=1S/C22H27N3O2/c1-24-10-9-19-15-18(7-8-20(19)24)21(25-11-13-27-14-12-25)16-23-22(26)17-5-3-2-4-6-17/h2-8,15,21H,9-14,16H2,1H3,(H,23,26). The number of likely N-dealkylation sites (N-methyl/N-ethyl adjacent to an activating group) is 1. The van der Waals surface area contributed by atoms with Crippen molar-refractivity contribution in [2.75, 3.05) is 51.3 Å². The van der Waals surface area contributed by atoms with Crippen LogP contribution in [0.4, 0.5) is 5.69 Å². The molecule has 0 bridgehead atoms. The Balaban J connectivity index is 1.53. The van der Waals surface area contributed by atoms with E-state index >= 15 is 0 Å². The van der Waals surface area contributed by atoms with E-state index in [0.29, 0.717) is 12.1 Å². The van der Waals surface area contributed by atoms with Gasteiger partial charge in [-0.25, -0.2) is 0 Å². The number of nitrogens with zero attached hydrogens (tertiary/aromatic N) is 2. The highest BCUT2D eigenvalue weighted by Crippen LogP contribution is 2.31. The Hall–Kier alpha value is -2.37. The maximum Gasteiger partial charge on any atom is 0.251 e. The molecule has 2 heterocycles. The number of ether oxygens (including phenoxy) is 1. The number of nitrogens with one attached hydrogen (secondary N) is 1. The summed E-state index contributed by atoms with van der Waals surface area (Å²) in [7, 11) is 2.14. The summed E-state index contributed by atoms with van der Waals surface area (Å²) in [5.74, 6) is -0.0187. The van der Waals surface area contributed by atoms with Gasteiger partial charge in [0.15, 0.2) is 0 Å². The van der Waals surface area contributed by atoms with Crippen LogP contribution in [-0.4, -0.2) is 57.2 Å². The number of morpholine rings is 1. The van der Waals surface area contributed by atoms with Gasteiger partial charge in [-0.3, -0.25) is 9.69 Å². The lowest BCUT2D eigenvalue weighted by Crippen LogP contribution is -2.43. The Bertz CT molecular complexity index is 787. The first-order chi connectivity index (χ1) is 13.2. The van der Waals surface area contributed by atoms with Gasteiger partial charge in [0, 0.05) is 44.5 Å². The van der Waals surface area contributed by atoms with Crippen molar-refractivity contribution in [2.45, 2.75) is 12.5 Å². The molecule has 1 unspecified atom stereocenters. The lowest BCUT2D eigenvalue weighted by atomic mass is 10.00. The number of benzene rings is 2. The van der Waals surface area contributed by atoms with Crippen LogP contribution < -0.4 is 10.2 Å². The van der Waals surface area contributed by atoms with Crippen LogP contribution in [-0.2, 0) is 11.2 Å². The molecule has 4 rings (SSSR count). The van der Waals surface area contributed by atoms with Crippen molar-refractivity contribution in [3.05, 3.63) is 65.2 Å². The van der Waals surface area contributed by atoms with Crippen LogP contribution in [0.25, 0.3) is 0 Å². The Labute approximate surface area is 160 Å². The molecule has 142 valence electrons. The SMILES string of the molecule is CN1CCc2cc(C(CNC(=O)c3ccccc3)N3CCOCC3)ccc21. The normalized spacial score (nSPS) is 18.2. The number of amides is 1. The summed E-state index contributed by atoms with van der Waals surface area (Å²) in [5, 5.41) is 3.14. The third-order valence-electron chi connectivity index (χ3n) is 5.59. The number of hydrogen-bond acceptors (Lipinski definition) is 4. The third-order valence-corrected chi connectivity index (χ3v) is 5.59. The molecule has 1 saturated heterocycles. The molecule has 2 aromatic carbocycles. The summed E-state index contributed by atoms with van der Waals surface area (Å²) in [4.78, 5) is 17.3. The molecular formula is C22H27N3O2. The van der Waals surface area contributed by atoms with Crippen LogP contribution >= 0.6 is 0 Å². The number of carbonyl (C=O) groups is 1. The van der Waals surface area contributed by atoms with Crippen LogP contribution in [0.3, 0.4) is 0 Å². The molecule has 1 fully saturated rings. The van der Waals surface area contributed by atoms with E-state index in [9.17, 15) is 4.79 Å². The first kappa shape index (κ1) is 18.0. The monoisotopic (exact) mass is 365 g/mol. The van der Waals surface area contributed by atoms with E-state index in [1.807, 2.05) is 30.3 Å². The number of carbonyl (C=O) groups excluding carboxylic acids is 1. The molecule has 0 saturated carbocycles. The predicted molar refractivity (Wildman–Crippen MR) is 107 cm³/mol. The summed E-state index contributed by atoms with van der Waals surface area (Å²) in [6.45, 7) is 4.95. The highest BCUT2D eigenvalue weighted by atomic mass is 16.5. The minimum atomic E-state index is -0.0187. The molecule has 1 atom stereocenters. The Morgan fingerprint density at radius 3 is 2.67 bits per heavy atom. The topological polar surface area (TPSA) is 44.8 Å². The fourth-order valence-electron chi connectivity index (χ4n) is 4.02. The fraction of sp³-hybridized carbons (Fsp3) is 0.409. The van der Waals surface area contributed by atoms with Crippen LogP contribution in [0.1, 0.15) is 27.5 Å². The molecule has 1 N–H and O–H groups in total. The van der Waals surface area contributed by atoms with Crippen molar-refractivity contribution in [1.29, 1.82) is 0 Å². The summed E-state index contributed by atoms with van der Waals surface area (Å²) in [5.41, 5.74) is 4.71. The molecule has 0 radical (unpaired) electrons. The van der Waals surface area contributed by atoms with Gasteiger partial charge in [0.05, 0.1) is 19.3 Å². The molecular weight excluding hydrogens is 338 g/mol. The predicted octanol–water partition coefficient (Wildman–Crippen LogP) is 2.48. The number of fused-ring (bicyclic) bond motifs is 1. The molecule has 1 amide bonds. The van der Waals surface area contributed by atoms with E-state index in [-0.39, 0.29) is 11.9 Å². The molecule has 5 nitrogen and oxygen atoms in total. The van der Waals surface area contributed by atoms with Crippen molar-refractivity contribution in [1.82, 2.24) is 10.2 Å². The van der Waals surface area contributed by atoms with Crippen molar-refractivity contribution in [3.8, 4) is 0 Å². The molecule has 2 aromatic rings. The fourth-order valence-corrected chi connectivity index (χ4v) is 4.02. The summed E-state index contributed by atoms with van der Waals surface area (Å²) in [6, 6.07) is 16.4. The average Bonchev–Trinajstić information content (AvgIpc) is 3.10. The Morgan fingerprint density at radius 1 is 1.11 bits per heavy atom. The van der Waals surface area contributed by atoms with Crippen LogP contribution in [0.15, 0.2) is 48.5 Å². The highest BCUT2D eigenvalue weighted by molar-refractivity contribution is 5.94. The summed E-state index contributed by atoms with van der Waals surface area (Å²) < 4.78 is 5.53. The second-order valence-electron chi connectivity index (χ2n) is 7.30. The van der Waals surface area contributed by atoms with Crippen molar-refractivity contribution in [2.24, 2.45) is 0 Å². The first-order valence-corrected chi connectivity index (χ1v) is 9.71. The van der Waals surface area contributed by atoms with E-state index < -0.39 is 0 Å². The number of rotatable bonds is 5. The molecule has 0 aliphatic carbocycles. The van der Waals surface area contributed by atoms with Crippen LogP contribution in [0.2, 0.25) is 0 Å². The smallest absolute Gasteiger partial charge is 0.251 e. The molecule has 0 aromatic heterocycles. The van der Waals surface area contributed by atoms with Crippen LogP contribution in [0.5, 0.6) is 0 Å². The maximum atomic E-state index is 12.5. The van der Waals surface area contributed by atoms with Crippen molar-refractivity contribution < 1.29 is 9.53 Å². The van der Waals surface area contributed by atoms with E-state index in [1.165, 1.54) is 16.8 Å². The second-order valence-corrected chi connectivity index (χ2v) is 7.30. The highest BCUT2D eigenvalue weighted by Gasteiger charge is 2.25. The van der Waals surface area contributed by atoms with Gasteiger partial charge in [-0.1, -0.05) is 30.3 Å². The maximum absolute atomic E-state index is 12.5. The van der Waals surface area contributed by atoms with Gasteiger partial charge < -0.3 is 15.0 Å².